The zero-order valence-corrected chi connectivity index (χ0v) is 19.1. The first-order valence-corrected chi connectivity index (χ1v) is 11.7. The van der Waals surface area contributed by atoms with E-state index >= 15 is 0 Å². The van der Waals surface area contributed by atoms with Gasteiger partial charge in [-0.05, 0) is 91.8 Å². The SMILES string of the molecule is C/C=C/C1CCC(c2ccc(-c3ccc(-c4ccc(OCC)c(F)c4F)cc3)cc2F)CC1. The highest BCUT2D eigenvalue weighted by atomic mass is 19.2. The Morgan fingerprint density at radius 1 is 0.818 bits per heavy atom. The molecule has 0 amide bonds. The Hall–Kier alpha value is -3.01. The van der Waals surface area contributed by atoms with Gasteiger partial charge in [0.1, 0.15) is 5.82 Å². The molecule has 1 fully saturated rings. The zero-order chi connectivity index (χ0) is 23.4. The molecule has 0 atom stereocenters. The summed E-state index contributed by atoms with van der Waals surface area (Å²) in [6, 6.07) is 15.4. The van der Waals surface area contributed by atoms with Crippen molar-refractivity contribution in [3.63, 3.8) is 0 Å². The fourth-order valence-electron chi connectivity index (χ4n) is 4.80. The van der Waals surface area contributed by atoms with E-state index in [0.29, 0.717) is 11.5 Å². The molecule has 1 aliphatic rings. The molecule has 0 aliphatic heterocycles. The van der Waals surface area contributed by atoms with E-state index in [-0.39, 0.29) is 29.7 Å². The van der Waals surface area contributed by atoms with E-state index < -0.39 is 11.6 Å². The minimum Gasteiger partial charge on any atom is -0.491 e. The topological polar surface area (TPSA) is 9.23 Å². The molecule has 0 spiro atoms. The number of allylic oxidation sites excluding steroid dienone is 2. The molecule has 172 valence electrons. The summed E-state index contributed by atoms with van der Waals surface area (Å²) < 4.78 is 48.9. The van der Waals surface area contributed by atoms with Crippen molar-refractivity contribution in [3.05, 3.63) is 89.8 Å². The van der Waals surface area contributed by atoms with Crippen molar-refractivity contribution in [2.24, 2.45) is 5.92 Å². The molecule has 33 heavy (non-hydrogen) atoms. The lowest BCUT2D eigenvalue weighted by atomic mass is 9.78. The van der Waals surface area contributed by atoms with Crippen LogP contribution in [0.1, 0.15) is 51.0 Å². The Balaban J connectivity index is 1.52. The zero-order valence-electron chi connectivity index (χ0n) is 19.1. The lowest BCUT2D eigenvalue weighted by Gasteiger charge is -2.27. The molecule has 3 aromatic rings. The summed E-state index contributed by atoms with van der Waals surface area (Å²) in [5.41, 5.74) is 3.10. The number of hydrogen-bond donors (Lipinski definition) is 0. The molecule has 0 radical (unpaired) electrons. The van der Waals surface area contributed by atoms with E-state index in [9.17, 15) is 13.2 Å². The molecule has 3 aromatic carbocycles. The van der Waals surface area contributed by atoms with Crippen molar-refractivity contribution in [2.75, 3.05) is 6.61 Å². The second-order valence-electron chi connectivity index (χ2n) is 8.62. The van der Waals surface area contributed by atoms with Crippen LogP contribution < -0.4 is 4.74 Å². The number of rotatable bonds is 6. The van der Waals surface area contributed by atoms with Crippen LogP contribution in [0.25, 0.3) is 22.3 Å². The molecule has 1 aliphatic carbocycles. The Bertz CT molecular complexity index is 1130. The van der Waals surface area contributed by atoms with Gasteiger partial charge in [0.2, 0.25) is 5.82 Å². The fourth-order valence-corrected chi connectivity index (χ4v) is 4.80. The first-order valence-electron chi connectivity index (χ1n) is 11.7. The lowest BCUT2D eigenvalue weighted by molar-refractivity contribution is 0.314. The molecule has 1 nitrogen and oxygen atoms in total. The molecular weight excluding hydrogens is 421 g/mol. The minimum atomic E-state index is -0.990. The molecule has 0 heterocycles. The van der Waals surface area contributed by atoms with Gasteiger partial charge >= 0.3 is 0 Å². The summed E-state index contributed by atoms with van der Waals surface area (Å²) in [6.07, 6.45) is 8.56. The summed E-state index contributed by atoms with van der Waals surface area (Å²) in [7, 11) is 0. The molecule has 4 rings (SSSR count). The van der Waals surface area contributed by atoms with E-state index in [1.54, 1.807) is 37.3 Å². The average Bonchev–Trinajstić information content (AvgIpc) is 2.83. The molecule has 0 saturated heterocycles. The lowest BCUT2D eigenvalue weighted by Crippen LogP contribution is -2.12. The highest BCUT2D eigenvalue weighted by molar-refractivity contribution is 5.71. The minimum absolute atomic E-state index is 0.0961. The third kappa shape index (κ3) is 5.00. The molecule has 0 unspecified atom stereocenters. The largest absolute Gasteiger partial charge is 0.491 e. The van der Waals surface area contributed by atoms with E-state index in [1.165, 1.54) is 12.1 Å². The summed E-state index contributed by atoms with van der Waals surface area (Å²) in [5.74, 6) is -1.32. The van der Waals surface area contributed by atoms with Crippen LogP contribution >= 0.6 is 0 Å². The van der Waals surface area contributed by atoms with Gasteiger partial charge in [-0.15, -0.1) is 0 Å². The van der Waals surface area contributed by atoms with Crippen LogP contribution in [0.2, 0.25) is 0 Å². The van der Waals surface area contributed by atoms with Crippen LogP contribution in [-0.2, 0) is 0 Å². The third-order valence-electron chi connectivity index (χ3n) is 6.55. The predicted octanol–water partition coefficient (Wildman–Crippen LogP) is 8.69. The molecule has 1 saturated carbocycles. The maximum Gasteiger partial charge on any atom is 0.201 e. The number of benzene rings is 3. The summed E-state index contributed by atoms with van der Waals surface area (Å²) in [6.45, 7) is 4.02. The van der Waals surface area contributed by atoms with Crippen LogP contribution in [0.3, 0.4) is 0 Å². The van der Waals surface area contributed by atoms with E-state index in [0.717, 1.165) is 42.4 Å². The summed E-state index contributed by atoms with van der Waals surface area (Å²) in [4.78, 5) is 0. The maximum absolute atomic E-state index is 15.0. The Labute approximate surface area is 193 Å². The molecule has 0 bridgehead atoms. The van der Waals surface area contributed by atoms with Crippen molar-refractivity contribution in [1.29, 1.82) is 0 Å². The monoisotopic (exact) mass is 450 g/mol. The number of ether oxygens (including phenoxy) is 1. The molecule has 0 N–H and O–H groups in total. The van der Waals surface area contributed by atoms with Gasteiger partial charge in [0.15, 0.2) is 11.6 Å². The number of halogens is 3. The van der Waals surface area contributed by atoms with Crippen LogP contribution in [0.4, 0.5) is 13.2 Å². The van der Waals surface area contributed by atoms with Gasteiger partial charge < -0.3 is 4.74 Å². The maximum atomic E-state index is 15.0. The quantitative estimate of drug-likeness (QED) is 0.341. The Kier molecular flexibility index (Phi) is 7.22. The van der Waals surface area contributed by atoms with E-state index in [4.69, 9.17) is 4.74 Å². The van der Waals surface area contributed by atoms with Crippen molar-refractivity contribution in [2.45, 2.75) is 45.4 Å². The van der Waals surface area contributed by atoms with Gasteiger partial charge in [0.25, 0.3) is 0 Å². The van der Waals surface area contributed by atoms with Gasteiger partial charge in [-0.25, -0.2) is 8.78 Å². The Morgan fingerprint density at radius 3 is 2.12 bits per heavy atom. The van der Waals surface area contributed by atoms with Gasteiger partial charge in [-0.1, -0.05) is 48.6 Å². The average molecular weight is 451 g/mol. The Morgan fingerprint density at radius 2 is 1.48 bits per heavy atom. The molecular formula is C29H29F3O. The number of hydrogen-bond acceptors (Lipinski definition) is 1. The first kappa shape index (κ1) is 23.2. The van der Waals surface area contributed by atoms with Crippen LogP contribution in [0.5, 0.6) is 5.75 Å². The molecule has 4 heteroatoms. The highest BCUT2D eigenvalue weighted by Crippen LogP contribution is 2.38. The van der Waals surface area contributed by atoms with Gasteiger partial charge in [-0.3, -0.25) is 0 Å². The first-order chi connectivity index (χ1) is 16.0. The standard InChI is InChI=1S/C29H29F3O/c1-3-5-19-6-8-21(9-7-19)24-15-14-23(18-26(24)30)20-10-12-22(13-11-20)25-16-17-27(33-4-2)29(32)28(25)31/h3,5,10-19,21H,4,6-9H2,1-2H3/b5-3+. The van der Waals surface area contributed by atoms with E-state index in [2.05, 4.69) is 12.2 Å². The van der Waals surface area contributed by atoms with E-state index in [1.807, 2.05) is 19.1 Å². The summed E-state index contributed by atoms with van der Waals surface area (Å²) >= 11 is 0. The van der Waals surface area contributed by atoms with Crippen molar-refractivity contribution in [1.82, 2.24) is 0 Å². The van der Waals surface area contributed by atoms with Crippen LogP contribution in [-0.4, -0.2) is 6.61 Å². The predicted molar refractivity (Wildman–Crippen MR) is 128 cm³/mol. The van der Waals surface area contributed by atoms with Gasteiger partial charge in [0, 0.05) is 5.56 Å². The normalized spacial score (nSPS) is 18.6. The van der Waals surface area contributed by atoms with Crippen molar-refractivity contribution < 1.29 is 17.9 Å². The second-order valence-corrected chi connectivity index (χ2v) is 8.62. The van der Waals surface area contributed by atoms with Gasteiger partial charge in [-0.2, -0.15) is 4.39 Å². The highest BCUT2D eigenvalue weighted by Gasteiger charge is 2.23. The van der Waals surface area contributed by atoms with Gasteiger partial charge in [0.05, 0.1) is 6.61 Å². The second kappa shape index (κ2) is 10.3. The smallest absolute Gasteiger partial charge is 0.201 e. The molecule has 0 aromatic heterocycles. The fraction of sp³-hybridized carbons (Fsp3) is 0.310. The summed E-state index contributed by atoms with van der Waals surface area (Å²) in [5, 5.41) is 0. The van der Waals surface area contributed by atoms with Crippen molar-refractivity contribution >= 4 is 0 Å². The van der Waals surface area contributed by atoms with Crippen LogP contribution in [0.15, 0.2) is 66.7 Å². The third-order valence-corrected chi connectivity index (χ3v) is 6.55. The van der Waals surface area contributed by atoms with Crippen LogP contribution in [0, 0.1) is 23.4 Å². The van der Waals surface area contributed by atoms with Crippen molar-refractivity contribution in [3.8, 4) is 28.0 Å².